The lowest BCUT2D eigenvalue weighted by molar-refractivity contribution is 0.0513. The Bertz CT molecular complexity index is 588. The molecule has 0 atom stereocenters. The zero-order chi connectivity index (χ0) is 13.9. The highest BCUT2D eigenvalue weighted by Crippen LogP contribution is 2.20. The average Bonchev–Trinajstić information content (AvgIpc) is 2.27. The van der Waals surface area contributed by atoms with E-state index in [2.05, 4.69) is 4.74 Å². The summed E-state index contributed by atoms with van der Waals surface area (Å²) in [5.41, 5.74) is -1.24. The van der Waals surface area contributed by atoms with E-state index in [1.165, 1.54) is 6.92 Å². The fraction of sp³-hybridized carbons (Fsp3) is 0.200. The Morgan fingerprint density at radius 1 is 1.33 bits per heavy atom. The first-order chi connectivity index (χ1) is 8.29. The lowest BCUT2D eigenvalue weighted by Gasteiger charge is -2.08. The maximum atomic E-state index is 11.5. The maximum absolute atomic E-state index is 11.5. The normalized spacial score (nSPS) is 11.0. The van der Waals surface area contributed by atoms with Crippen LogP contribution in [0.5, 0.6) is 0 Å². The fourth-order valence-electron chi connectivity index (χ4n) is 1.35. The second-order valence-corrected chi connectivity index (χ2v) is 4.57. The van der Waals surface area contributed by atoms with Gasteiger partial charge in [0.1, 0.15) is 4.90 Å². The second kappa shape index (κ2) is 5.15. The zero-order valence-corrected chi connectivity index (χ0v) is 10.1. The van der Waals surface area contributed by atoms with Gasteiger partial charge in [0.25, 0.3) is 10.1 Å². The van der Waals surface area contributed by atoms with Crippen molar-refractivity contribution in [3.05, 3.63) is 29.3 Å². The van der Waals surface area contributed by atoms with Crippen LogP contribution in [0.2, 0.25) is 0 Å². The molecule has 0 unspecified atom stereocenters. The molecule has 1 rings (SSSR count). The fourth-order valence-corrected chi connectivity index (χ4v) is 2.05. The van der Waals surface area contributed by atoms with E-state index in [4.69, 9.17) is 9.66 Å². The molecule has 0 bridgehead atoms. The Hall–Kier alpha value is -1.93. The van der Waals surface area contributed by atoms with E-state index in [1.54, 1.807) is 0 Å². The molecule has 0 fully saturated rings. The summed E-state index contributed by atoms with van der Waals surface area (Å²) in [5.74, 6) is -2.62. The molecule has 1 aromatic rings. The number of hydrogen-bond acceptors (Lipinski definition) is 5. The summed E-state index contributed by atoms with van der Waals surface area (Å²) >= 11 is 0. The molecule has 8 heteroatoms. The Morgan fingerprint density at radius 3 is 2.39 bits per heavy atom. The van der Waals surface area contributed by atoms with Gasteiger partial charge in [-0.15, -0.1) is 0 Å². The molecule has 1 aromatic carbocycles. The zero-order valence-electron chi connectivity index (χ0n) is 9.28. The van der Waals surface area contributed by atoms with Crippen LogP contribution in [-0.4, -0.2) is 36.6 Å². The summed E-state index contributed by atoms with van der Waals surface area (Å²) in [7, 11) is -4.74. The van der Waals surface area contributed by atoms with E-state index in [0.29, 0.717) is 0 Å². The van der Waals surface area contributed by atoms with Crippen LogP contribution in [-0.2, 0) is 14.9 Å². The molecular weight excluding hydrogens is 264 g/mol. The van der Waals surface area contributed by atoms with Crippen molar-refractivity contribution in [2.75, 3.05) is 6.61 Å². The summed E-state index contributed by atoms with van der Waals surface area (Å²) in [5, 5.41) is 8.94. The first-order valence-electron chi connectivity index (χ1n) is 4.80. The molecular formula is C10H10O7S. The van der Waals surface area contributed by atoms with Crippen molar-refractivity contribution in [2.24, 2.45) is 0 Å². The lowest BCUT2D eigenvalue weighted by Crippen LogP contribution is -2.16. The molecule has 0 aliphatic heterocycles. The molecule has 0 saturated heterocycles. The number of carboxylic acids is 1. The SMILES string of the molecule is CCOC(=O)c1cccc(S(=O)(=O)O)c1C(=O)O. The smallest absolute Gasteiger partial charge is 0.339 e. The van der Waals surface area contributed by atoms with Crippen LogP contribution in [0.4, 0.5) is 0 Å². The number of carbonyl (C=O) groups excluding carboxylic acids is 1. The molecule has 0 aliphatic rings. The predicted molar refractivity (Wildman–Crippen MR) is 59.2 cm³/mol. The Labute approximate surface area is 103 Å². The van der Waals surface area contributed by atoms with Crippen molar-refractivity contribution < 1.29 is 32.4 Å². The molecule has 98 valence electrons. The molecule has 0 radical (unpaired) electrons. The first kappa shape index (κ1) is 14.1. The van der Waals surface area contributed by atoms with Gasteiger partial charge in [-0.25, -0.2) is 9.59 Å². The summed E-state index contributed by atoms with van der Waals surface area (Å²) in [4.78, 5) is 21.7. The Morgan fingerprint density at radius 2 is 1.94 bits per heavy atom. The highest BCUT2D eigenvalue weighted by molar-refractivity contribution is 7.86. The highest BCUT2D eigenvalue weighted by atomic mass is 32.2. The number of aromatic carboxylic acids is 1. The quantitative estimate of drug-likeness (QED) is 0.616. The van der Waals surface area contributed by atoms with Crippen LogP contribution < -0.4 is 0 Å². The molecule has 0 aromatic heterocycles. The van der Waals surface area contributed by atoms with Gasteiger partial charge in [0, 0.05) is 0 Å². The van der Waals surface area contributed by atoms with Crippen LogP contribution in [0.15, 0.2) is 23.1 Å². The molecule has 0 saturated carbocycles. The van der Waals surface area contributed by atoms with Crippen molar-refractivity contribution in [1.29, 1.82) is 0 Å². The predicted octanol–water partition coefficient (Wildman–Crippen LogP) is 0.808. The van der Waals surface area contributed by atoms with Crippen LogP contribution >= 0.6 is 0 Å². The van der Waals surface area contributed by atoms with Gasteiger partial charge in [-0.2, -0.15) is 8.42 Å². The number of hydrogen-bond donors (Lipinski definition) is 2. The number of ether oxygens (including phenoxy) is 1. The Kier molecular flexibility index (Phi) is 4.04. The molecule has 2 N–H and O–H groups in total. The summed E-state index contributed by atoms with van der Waals surface area (Å²) in [6, 6.07) is 3.14. The second-order valence-electron chi connectivity index (χ2n) is 3.18. The van der Waals surface area contributed by atoms with Gasteiger partial charge < -0.3 is 9.84 Å². The van der Waals surface area contributed by atoms with Crippen LogP contribution in [0.25, 0.3) is 0 Å². The van der Waals surface area contributed by atoms with Gasteiger partial charge in [0.2, 0.25) is 0 Å². The van der Waals surface area contributed by atoms with E-state index < -0.39 is 38.1 Å². The first-order valence-corrected chi connectivity index (χ1v) is 6.24. The third-order valence-corrected chi connectivity index (χ3v) is 2.91. The summed E-state index contributed by atoms with van der Waals surface area (Å²) in [6.45, 7) is 1.53. The highest BCUT2D eigenvalue weighted by Gasteiger charge is 2.26. The summed E-state index contributed by atoms with van der Waals surface area (Å²) in [6.07, 6.45) is 0. The molecule has 0 spiro atoms. The van der Waals surface area contributed by atoms with Gasteiger partial charge in [-0.3, -0.25) is 4.55 Å². The topological polar surface area (TPSA) is 118 Å². The minimum atomic E-state index is -4.74. The van der Waals surface area contributed by atoms with Crippen molar-refractivity contribution in [1.82, 2.24) is 0 Å². The molecule has 0 aliphatic carbocycles. The monoisotopic (exact) mass is 274 g/mol. The van der Waals surface area contributed by atoms with E-state index >= 15 is 0 Å². The summed E-state index contributed by atoms with van der Waals surface area (Å²) < 4.78 is 35.6. The number of benzene rings is 1. The maximum Gasteiger partial charge on any atom is 0.339 e. The van der Waals surface area contributed by atoms with E-state index in [9.17, 15) is 18.0 Å². The van der Waals surface area contributed by atoms with Gasteiger partial charge in [0.05, 0.1) is 17.7 Å². The standard InChI is InChI=1S/C10H10O7S/c1-2-17-10(13)6-4-3-5-7(18(14,15)16)8(6)9(11)12/h3-5H,2H2,1H3,(H,11,12)(H,14,15,16). The van der Waals surface area contributed by atoms with Gasteiger partial charge in [-0.05, 0) is 19.1 Å². The number of rotatable bonds is 4. The van der Waals surface area contributed by atoms with Crippen molar-refractivity contribution >= 4 is 22.1 Å². The molecule has 7 nitrogen and oxygen atoms in total. The number of esters is 1. The number of carboxylic acid groups (broad SMARTS) is 1. The third-order valence-electron chi connectivity index (χ3n) is 2.01. The van der Waals surface area contributed by atoms with Crippen molar-refractivity contribution in [3.63, 3.8) is 0 Å². The van der Waals surface area contributed by atoms with Crippen molar-refractivity contribution in [3.8, 4) is 0 Å². The number of carbonyl (C=O) groups is 2. The third kappa shape index (κ3) is 2.84. The van der Waals surface area contributed by atoms with Gasteiger partial charge >= 0.3 is 11.9 Å². The largest absolute Gasteiger partial charge is 0.478 e. The minimum Gasteiger partial charge on any atom is -0.478 e. The lowest BCUT2D eigenvalue weighted by atomic mass is 10.1. The van der Waals surface area contributed by atoms with E-state index in [-0.39, 0.29) is 6.61 Å². The molecule has 0 heterocycles. The van der Waals surface area contributed by atoms with Crippen LogP contribution in [0, 0.1) is 0 Å². The average molecular weight is 274 g/mol. The molecule has 0 amide bonds. The van der Waals surface area contributed by atoms with Crippen LogP contribution in [0.1, 0.15) is 27.6 Å². The molecule has 18 heavy (non-hydrogen) atoms. The van der Waals surface area contributed by atoms with Crippen LogP contribution in [0.3, 0.4) is 0 Å². The minimum absolute atomic E-state index is 0.00793. The Balaban J connectivity index is 3.55. The van der Waals surface area contributed by atoms with Crippen molar-refractivity contribution in [2.45, 2.75) is 11.8 Å². The van der Waals surface area contributed by atoms with Gasteiger partial charge in [-0.1, -0.05) is 6.07 Å². The van der Waals surface area contributed by atoms with E-state index in [1.807, 2.05) is 0 Å². The van der Waals surface area contributed by atoms with E-state index in [0.717, 1.165) is 18.2 Å². The van der Waals surface area contributed by atoms with Gasteiger partial charge in [0.15, 0.2) is 0 Å².